The van der Waals surface area contributed by atoms with Crippen LogP contribution < -0.4 is 10.6 Å². The number of aromatic nitrogens is 4. The lowest BCUT2D eigenvalue weighted by Gasteiger charge is -2.34. The number of rotatable bonds is 12. The zero-order chi connectivity index (χ0) is 43.4. The molecular weight excluding hydrogens is 793 g/mol. The first-order valence-corrected chi connectivity index (χ1v) is 21.8. The molecule has 62 heavy (non-hydrogen) atoms. The molecule has 0 spiro atoms. The highest BCUT2D eigenvalue weighted by Crippen LogP contribution is 2.51. The second-order valence-corrected chi connectivity index (χ2v) is 17.5. The number of nitrogens with one attached hydrogen (secondary N) is 4. The molecule has 328 valence electrons. The Labute approximate surface area is 360 Å². The number of fused-ring (bicyclic) bond motifs is 6. The number of aromatic amines is 2. The van der Waals surface area contributed by atoms with Crippen molar-refractivity contribution in [2.45, 2.75) is 114 Å². The van der Waals surface area contributed by atoms with Crippen molar-refractivity contribution in [2.75, 3.05) is 28.4 Å². The van der Waals surface area contributed by atoms with E-state index in [1.54, 1.807) is 13.8 Å². The van der Waals surface area contributed by atoms with Gasteiger partial charge in [-0.2, -0.15) is 0 Å². The SMILES string of the molecule is COC(=O)N[C@H](C(=O)N1C(c2ncc(-c3ccc4c(c3)-c3ccc(-c5cnc([C@@H]6C[C@@H]7CCC[C@@H]7N6C(=O)[C@@H](NC(=O)OC)[C@@H](C)OC)[nH]5)cc3-4)[nH]2)C[C@@H]2CCC[C@@H]21)[C@@H](C)OC. The van der Waals surface area contributed by atoms with E-state index in [1.807, 2.05) is 22.2 Å². The van der Waals surface area contributed by atoms with E-state index >= 15 is 0 Å². The first kappa shape index (κ1) is 41.6. The van der Waals surface area contributed by atoms with Gasteiger partial charge in [0.05, 0.1) is 62.3 Å². The van der Waals surface area contributed by atoms with Crippen molar-refractivity contribution in [3.63, 3.8) is 0 Å². The van der Waals surface area contributed by atoms with E-state index in [9.17, 15) is 19.2 Å². The molecule has 0 radical (unpaired) electrons. The Bertz CT molecular complexity index is 2180. The van der Waals surface area contributed by atoms with Gasteiger partial charge in [-0.25, -0.2) is 19.6 Å². The molecule has 9 rings (SSSR count). The number of carbonyl (C=O) groups is 4. The van der Waals surface area contributed by atoms with Crippen LogP contribution in [0.2, 0.25) is 0 Å². The molecule has 2 aliphatic heterocycles. The maximum atomic E-state index is 14.2. The van der Waals surface area contributed by atoms with Crippen molar-refractivity contribution in [3.8, 4) is 44.8 Å². The molecule has 4 heterocycles. The lowest BCUT2D eigenvalue weighted by atomic mass is 9.78. The Morgan fingerprint density at radius 3 is 1.44 bits per heavy atom. The second kappa shape index (κ2) is 16.9. The van der Waals surface area contributed by atoms with E-state index in [0.29, 0.717) is 11.8 Å². The molecule has 5 aliphatic rings. The molecule has 2 saturated heterocycles. The first-order chi connectivity index (χ1) is 30.0. The Hall–Kier alpha value is -5.74. The van der Waals surface area contributed by atoms with Crippen LogP contribution in [0.3, 0.4) is 0 Å². The summed E-state index contributed by atoms with van der Waals surface area (Å²) >= 11 is 0. The van der Waals surface area contributed by atoms with Crippen LogP contribution in [-0.4, -0.2) is 119 Å². The number of alkyl carbamates (subject to hydrolysis) is 2. The van der Waals surface area contributed by atoms with Gasteiger partial charge >= 0.3 is 12.2 Å². The van der Waals surface area contributed by atoms with Gasteiger partial charge in [0.15, 0.2) is 0 Å². The molecule has 4 N–H and O–H groups in total. The van der Waals surface area contributed by atoms with Crippen LogP contribution in [-0.2, 0) is 28.5 Å². The smallest absolute Gasteiger partial charge is 0.407 e. The van der Waals surface area contributed by atoms with Gasteiger partial charge in [-0.15, -0.1) is 0 Å². The summed E-state index contributed by atoms with van der Waals surface area (Å²) in [7, 11) is 5.62. The van der Waals surface area contributed by atoms with Crippen LogP contribution in [0.1, 0.15) is 88.9 Å². The molecule has 0 bridgehead atoms. The lowest BCUT2D eigenvalue weighted by Crippen LogP contribution is -2.55. The summed E-state index contributed by atoms with van der Waals surface area (Å²) in [6, 6.07) is 10.6. The highest BCUT2D eigenvalue weighted by atomic mass is 16.5. The fourth-order valence-corrected chi connectivity index (χ4v) is 11.0. The van der Waals surface area contributed by atoms with E-state index in [-0.39, 0.29) is 36.0 Å². The van der Waals surface area contributed by atoms with Gasteiger partial charge < -0.3 is 49.3 Å². The third kappa shape index (κ3) is 7.20. The normalized spacial score (nSPS) is 25.1. The summed E-state index contributed by atoms with van der Waals surface area (Å²) in [5.41, 5.74) is 8.32. The van der Waals surface area contributed by atoms with Crippen molar-refractivity contribution in [2.24, 2.45) is 11.8 Å². The summed E-state index contributed by atoms with van der Waals surface area (Å²) in [5.74, 6) is 1.79. The van der Waals surface area contributed by atoms with Gasteiger partial charge in [0.25, 0.3) is 0 Å². The van der Waals surface area contributed by atoms with Crippen molar-refractivity contribution in [1.82, 2.24) is 40.4 Å². The monoisotopic (exact) mass is 848 g/mol. The number of nitrogens with zero attached hydrogens (tertiary/aromatic N) is 4. The maximum Gasteiger partial charge on any atom is 0.407 e. The van der Waals surface area contributed by atoms with Gasteiger partial charge in [0.2, 0.25) is 11.8 Å². The first-order valence-electron chi connectivity index (χ1n) is 21.8. The van der Waals surface area contributed by atoms with Gasteiger partial charge in [-0.05, 0) is 98.6 Å². The summed E-state index contributed by atoms with van der Waals surface area (Å²) in [6.45, 7) is 3.54. The number of benzene rings is 2. The molecule has 4 fully saturated rings. The Kier molecular flexibility index (Phi) is 11.3. The van der Waals surface area contributed by atoms with Crippen LogP contribution in [0, 0.1) is 11.8 Å². The molecule has 4 aromatic rings. The van der Waals surface area contributed by atoms with E-state index in [4.69, 9.17) is 28.9 Å². The maximum absolute atomic E-state index is 14.2. The van der Waals surface area contributed by atoms with Gasteiger partial charge in [-0.3, -0.25) is 9.59 Å². The van der Waals surface area contributed by atoms with Crippen LogP contribution in [0.15, 0.2) is 48.8 Å². The standard InChI is InChI=1S/C46H56N8O8/c1-23(59-3)39(51-45(57)61-5)43(55)53-35-11-7-9-27(35)19-37(53)41-47-21-33(49-41)25-13-15-29-31(17-25)30-16-14-26(18-32(29)30)34-22-48-42(50-34)38-20-28-10-8-12-36(28)54(38)44(56)40(24(2)60-4)52-46(58)62-6/h13-18,21-24,27-28,35-40H,7-12,19-20H2,1-6H3,(H,47,49)(H,48,50)(H,51,57)(H,52,58)/t23-,24-,27+,28+,35+,36+,37+,38?,39+,40+/m1/s1. The van der Waals surface area contributed by atoms with Crippen molar-refractivity contribution in [3.05, 3.63) is 60.4 Å². The van der Waals surface area contributed by atoms with Crippen molar-refractivity contribution < 1.29 is 38.1 Å². The van der Waals surface area contributed by atoms with Gasteiger partial charge in [-0.1, -0.05) is 37.1 Å². The average Bonchev–Trinajstić information content (AvgIpc) is 4.14. The Balaban J connectivity index is 0.927. The molecule has 1 unspecified atom stereocenters. The van der Waals surface area contributed by atoms with Crippen LogP contribution in [0.25, 0.3) is 44.8 Å². The van der Waals surface area contributed by atoms with Crippen molar-refractivity contribution >= 4 is 24.0 Å². The van der Waals surface area contributed by atoms with Crippen molar-refractivity contribution in [1.29, 1.82) is 0 Å². The molecule has 4 amide bonds. The molecule has 10 atom stereocenters. The minimum atomic E-state index is -0.901. The average molecular weight is 849 g/mol. The highest BCUT2D eigenvalue weighted by Gasteiger charge is 2.51. The largest absolute Gasteiger partial charge is 0.453 e. The van der Waals surface area contributed by atoms with Gasteiger partial charge in [0, 0.05) is 37.4 Å². The van der Waals surface area contributed by atoms with Crippen LogP contribution in [0.5, 0.6) is 0 Å². The number of ether oxygens (including phenoxy) is 4. The number of carbonyl (C=O) groups excluding carboxylic acids is 4. The fourth-order valence-electron chi connectivity index (χ4n) is 11.0. The lowest BCUT2D eigenvalue weighted by molar-refractivity contribution is -0.140. The Morgan fingerprint density at radius 1 is 0.629 bits per heavy atom. The minimum absolute atomic E-state index is 0.0687. The zero-order valence-corrected chi connectivity index (χ0v) is 36.1. The van der Waals surface area contributed by atoms with E-state index in [1.165, 1.54) is 28.4 Å². The summed E-state index contributed by atoms with van der Waals surface area (Å²) in [5, 5.41) is 5.42. The number of methoxy groups -OCH3 is 4. The Morgan fingerprint density at radius 2 is 1.05 bits per heavy atom. The number of hydrogen-bond donors (Lipinski definition) is 4. The molecule has 16 nitrogen and oxygen atoms in total. The molecule has 2 aromatic heterocycles. The molecular formula is C46H56N8O8. The topological polar surface area (TPSA) is 193 Å². The predicted molar refractivity (Wildman–Crippen MR) is 228 cm³/mol. The quantitative estimate of drug-likeness (QED) is 0.108. The summed E-state index contributed by atoms with van der Waals surface area (Å²) in [4.78, 5) is 73.7. The molecule has 3 aliphatic carbocycles. The minimum Gasteiger partial charge on any atom is -0.453 e. The second-order valence-electron chi connectivity index (χ2n) is 17.5. The predicted octanol–water partition coefficient (Wildman–Crippen LogP) is 6.52. The van der Waals surface area contributed by atoms with E-state index < -0.39 is 36.5 Å². The number of amides is 4. The molecule has 16 heteroatoms. The van der Waals surface area contributed by atoms with Crippen LogP contribution >= 0.6 is 0 Å². The molecule has 2 aromatic carbocycles. The number of hydrogen-bond acceptors (Lipinski definition) is 10. The van der Waals surface area contributed by atoms with Crippen LogP contribution in [0.4, 0.5) is 9.59 Å². The fraction of sp³-hybridized carbons (Fsp3) is 0.522. The highest BCUT2D eigenvalue weighted by molar-refractivity contribution is 6.04. The number of imidazole rings is 2. The van der Waals surface area contributed by atoms with E-state index in [0.717, 1.165) is 108 Å². The summed E-state index contributed by atoms with van der Waals surface area (Å²) in [6.07, 6.45) is 8.84. The van der Waals surface area contributed by atoms with Gasteiger partial charge in [0.1, 0.15) is 23.7 Å². The zero-order valence-electron chi connectivity index (χ0n) is 36.1. The third-order valence-corrected chi connectivity index (χ3v) is 14.4. The number of H-pyrrole nitrogens is 2. The summed E-state index contributed by atoms with van der Waals surface area (Å²) < 4.78 is 20.8. The third-order valence-electron chi connectivity index (χ3n) is 14.4. The number of likely N-dealkylation sites (tertiary alicyclic amines) is 2. The van der Waals surface area contributed by atoms with E-state index in [2.05, 4.69) is 57.0 Å². The molecule has 2 saturated carbocycles.